The third kappa shape index (κ3) is 8.52. The molecule has 0 rings (SSSR count). The van der Waals surface area contributed by atoms with Crippen LogP contribution in [0.15, 0.2) is 0 Å². The topological polar surface area (TPSA) is 15.3 Å². The summed E-state index contributed by atoms with van der Waals surface area (Å²) in [5.41, 5.74) is 0.247. The minimum Gasteiger partial charge on any atom is -0.311 e. The molecule has 0 saturated heterocycles. The van der Waals surface area contributed by atoms with E-state index in [0.717, 1.165) is 19.0 Å². The molecule has 86 valence electrons. The molecule has 0 aliphatic carbocycles. The van der Waals surface area contributed by atoms with Crippen molar-refractivity contribution in [2.24, 2.45) is 5.92 Å². The summed E-state index contributed by atoms with van der Waals surface area (Å²) in [5, 5.41) is 3.50. The predicted molar refractivity (Wildman–Crippen MR) is 64.7 cm³/mol. The fourth-order valence-electron chi connectivity index (χ4n) is 1.37. The number of hydrogen-bond donors (Lipinski definition) is 1. The predicted octanol–water partition coefficient (Wildman–Crippen LogP) is 2.35. The van der Waals surface area contributed by atoms with E-state index in [-0.39, 0.29) is 5.54 Å². The zero-order valence-electron chi connectivity index (χ0n) is 10.9. The minimum absolute atomic E-state index is 0.247. The average Bonchev–Trinajstić information content (AvgIpc) is 2.01. The highest BCUT2D eigenvalue weighted by molar-refractivity contribution is 4.71. The van der Waals surface area contributed by atoms with Gasteiger partial charge in [-0.2, -0.15) is 0 Å². The molecule has 0 fully saturated rings. The molecule has 1 unspecified atom stereocenters. The first-order chi connectivity index (χ1) is 6.35. The zero-order chi connectivity index (χ0) is 11.2. The Morgan fingerprint density at radius 3 is 2.29 bits per heavy atom. The van der Waals surface area contributed by atoms with E-state index < -0.39 is 0 Å². The lowest BCUT2D eigenvalue weighted by atomic mass is 10.1. The van der Waals surface area contributed by atoms with E-state index in [1.54, 1.807) is 0 Å². The Balaban J connectivity index is 3.49. The Morgan fingerprint density at radius 2 is 1.86 bits per heavy atom. The lowest BCUT2D eigenvalue weighted by molar-refractivity contribution is 0.270. The molecule has 0 bridgehead atoms. The number of nitrogens with one attached hydrogen (secondary N) is 1. The summed E-state index contributed by atoms with van der Waals surface area (Å²) in [5.74, 6) is 0.814. The Kier molecular flexibility index (Phi) is 6.38. The molecule has 1 atom stereocenters. The van der Waals surface area contributed by atoms with E-state index in [9.17, 15) is 0 Å². The number of rotatable bonds is 6. The van der Waals surface area contributed by atoms with Gasteiger partial charge in [-0.3, -0.25) is 0 Å². The molecule has 0 heterocycles. The van der Waals surface area contributed by atoms with Gasteiger partial charge in [0.15, 0.2) is 0 Å². The summed E-state index contributed by atoms with van der Waals surface area (Å²) in [6.45, 7) is 14.6. The molecule has 1 N–H and O–H groups in total. The van der Waals surface area contributed by atoms with Crippen molar-refractivity contribution in [3.63, 3.8) is 0 Å². The maximum Gasteiger partial charge on any atom is 0.0104 e. The molecule has 0 spiro atoms. The van der Waals surface area contributed by atoms with E-state index in [2.05, 4.69) is 51.9 Å². The van der Waals surface area contributed by atoms with Crippen LogP contribution in [0.25, 0.3) is 0 Å². The largest absolute Gasteiger partial charge is 0.311 e. The molecule has 2 nitrogen and oxygen atoms in total. The number of likely N-dealkylation sites (N-methyl/N-ethyl adjacent to an activating group) is 1. The first-order valence-corrected chi connectivity index (χ1v) is 5.78. The molecule has 0 aliphatic rings. The zero-order valence-corrected chi connectivity index (χ0v) is 10.9. The smallest absolute Gasteiger partial charge is 0.0104 e. The number of hydrogen-bond acceptors (Lipinski definition) is 2. The van der Waals surface area contributed by atoms with Crippen LogP contribution in [0.4, 0.5) is 0 Å². The van der Waals surface area contributed by atoms with E-state index in [1.807, 2.05) is 0 Å². The van der Waals surface area contributed by atoms with Gasteiger partial charge in [-0.15, -0.1) is 0 Å². The average molecular weight is 200 g/mol. The SMILES string of the molecule is CCC(C)CN(C)CCNC(C)(C)C. The Labute approximate surface area is 90.1 Å². The van der Waals surface area contributed by atoms with Gasteiger partial charge < -0.3 is 10.2 Å². The lowest BCUT2D eigenvalue weighted by Gasteiger charge is -2.24. The van der Waals surface area contributed by atoms with Gasteiger partial charge in [-0.1, -0.05) is 20.3 Å². The fraction of sp³-hybridized carbons (Fsp3) is 1.00. The molecular weight excluding hydrogens is 172 g/mol. The maximum absolute atomic E-state index is 3.50. The van der Waals surface area contributed by atoms with Crippen molar-refractivity contribution >= 4 is 0 Å². The van der Waals surface area contributed by atoms with Crippen LogP contribution < -0.4 is 5.32 Å². The molecule has 0 aromatic carbocycles. The van der Waals surface area contributed by atoms with E-state index in [1.165, 1.54) is 13.0 Å². The van der Waals surface area contributed by atoms with Crippen LogP contribution in [0.5, 0.6) is 0 Å². The standard InChI is InChI=1S/C12H28N2/c1-7-11(2)10-14(6)9-8-13-12(3,4)5/h11,13H,7-10H2,1-6H3. The van der Waals surface area contributed by atoms with Gasteiger partial charge in [0, 0.05) is 25.2 Å². The van der Waals surface area contributed by atoms with Gasteiger partial charge in [0.2, 0.25) is 0 Å². The Morgan fingerprint density at radius 1 is 1.29 bits per heavy atom. The minimum atomic E-state index is 0.247. The van der Waals surface area contributed by atoms with Crippen molar-refractivity contribution in [3.8, 4) is 0 Å². The third-order valence-corrected chi connectivity index (χ3v) is 2.47. The molecule has 0 radical (unpaired) electrons. The summed E-state index contributed by atoms with van der Waals surface area (Å²) >= 11 is 0. The lowest BCUT2D eigenvalue weighted by Crippen LogP contribution is -2.41. The highest BCUT2D eigenvalue weighted by Gasteiger charge is 2.09. The molecular formula is C12H28N2. The van der Waals surface area contributed by atoms with Crippen LogP contribution in [-0.2, 0) is 0 Å². The normalized spacial score (nSPS) is 14.8. The van der Waals surface area contributed by atoms with Gasteiger partial charge >= 0.3 is 0 Å². The van der Waals surface area contributed by atoms with E-state index in [4.69, 9.17) is 0 Å². The van der Waals surface area contributed by atoms with Crippen LogP contribution >= 0.6 is 0 Å². The summed E-state index contributed by atoms with van der Waals surface area (Å²) in [4.78, 5) is 2.41. The van der Waals surface area contributed by atoms with Gasteiger partial charge in [-0.25, -0.2) is 0 Å². The summed E-state index contributed by atoms with van der Waals surface area (Å²) in [6.07, 6.45) is 1.27. The fourth-order valence-corrected chi connectivity index (χ4v) is 1.37. The van der Waals surface area contributed by atoms with Crippen LogP contribution in [-0.4, -0.2) is 37.1 Å². The summed E-state index contributed by atoms with van der Waals surface area (Å²) < 4.78 is 0. The van der Waals surface area contributed by atoms with Gasteiger partial charge in [-0.05, 0) is 33.7 Å². The number of nitrogens with zero attached hydrogens (tertiary/aromatic N) is 1. The molecule has 0 aromatic rings. The maximum atomic E-state index is 3.50. The van der Waals surface area contributed by atoms with Crippen LogP contribution in [0.2, 0.25) is 0 Å². The van der Waals surface area contributed by atoms with Crippen molar-refractivity contribution < 1.29 is 0 Å². The molecule has 14 heavy (non-hydrogen) atoms. The molecule has 0 aromatic heterocycles. The second-order valence-corrected chi connectivity index (χ2v) is 5.45. The molecule has 0 saturated carbocycles. The van der Waals surface area contributed by atoms with Crippen molar-refractivity contribution in [1.29, 1.82) is 0 Å². The quantitative estimate of drug-likeness (QED) is 0.708. The first kappa shape index (κ1) is 13.9. The van der Waals surface area contributed by atoms with Crippen molar-refractivity contribution in [1.82, 2.24) is 10.2 Å². The van der Waals surface area contributed by atoms with Crippen molar-refractivity contribution in [3.05, 3.63) is 0 Å². The highest BCUT2D eigenvalue weighted by Crippen LogP contribution is 2.02. The summed E-state index contributed by atoms with van der Waals surface area (Å²) in [7, 11) is 2.20. The van der Waals surface area contributed by atoms with Crippen LogP contribution in [0.3, 0.4) is 0 Å². The third-order valence-electron chi connectivity index (χ3n) is 2.47. The van der Waals surface area contributed by atoms with Gasteiger partial charge in [0.05, 0.1) is 0 Å². The second kappa shape index (κ2) is 6.41. The first-order valence-electron chi connectivity index (χ1n) is 5.78. The van der Waals surface area contributed by atoms with Gasteiger partial charge in [0.25, 0.3) is 0 Å². The second-order valence-electron chi connectivity index (χ2n) is 5.45. The Hall–Kier alpha value is -0.0800. The molecule has 2 heteroatoms. The molecule has 0 amide bonds. The highest BCUT2D eigenvalue weighted by atomic mass is 15.1. The van der Waals surface area contributed by atoms with Gasteiger partial charge in [0.1, 0.15) is 0 Å². The van der Waals surface area contributed by atoms with Crippen LogP contribution in [0, 0.1) is 5.92 Å². The molecule has 0 aliphatic heterocycles. The van der Waals surface area contributed by atoms with E-state index >= 15 is 0 Å². The van der Waals surface area contributed by atoms with Crippen molar-refractivity contribution in [2.45, 2.75) is 46.6 Å². The monoisotopic (exact) mass is 200 g/mol. The summed E-state index contributed by atoms with van der Waals surface area (Å²) in [6, 6.07) is 0. The Bertz CT molecular complexity index is 138. The van der Waals surface area contributed by atoms with E-state index in [0.29, 0.717) is 0 Å². The van der Waals surface area contributed by atoms with Crippen molar-refractivity contribution in [2.75, 3.05) is 26.7 Å². The van der Waals surface area contributed by atoms with Crippen LogP contribution in [0.1, 0.15) is 41.0 Å².